The SMILES string of the molecule is COC1CCCC(Oc2nccc(C(=O)O)c2N)C1. The van der Waals surface area contributed by atoms with Crippen LogP contribution < -0.4 is 10.5 Å². The monoisotopic (exact) mass is 266 g/mol. The Morgan fingerprint density at radius 2 is 2.21 bits per heavy atom. The molecular formula is C13H18N2O4. The number of nitrogens with zero attached hydrogens (tertiary/aromatic N) is 1. The number of aromatic carboxylic acids is 1. The number of pyridine rings is 1. The number of carboxylic acid groups (broad SMARTS) is 1. The third-order valence-corrected chi connectivity index (χ3v) is 3.37. The molecule has 3 N–H and O–H groups in total. The summed E-state index contributed by atoms with van der Waals surface area (Å²) < 4.78 is 11.1. The lowest BCUT2D eigenvalue weighted by atomic mass is 9.95. The third kappa shape index (κ3) is 3.14. The normalized spacial score (nSPS) is 23.0. The summed E-state index contributed by atoms with van der Waals surface area (Å²) in [5.41, 5.74) is 5.86. The number of carbonyl (C=O) groups is 1. The Morgan fingerprint density at radius 3 is 2.89 bits per heavy atom. The second-order valence-electron chi connectivity index (χ2n) is 4.65. The lowest BCUT2D eigenvalue weighted by Crippen LogP contribution is -2.30. The van der Waals surface area contributed by atoms with Crippen molar-refractivity contribution in [1.82, 2.24) is 4.98 Å². The molecule has 1 aromatic rings. The molecule has 1 fully saturated rings. The van der Waals surface area contributed by atoms with Crippen LogP contribution in [0.2, 0.25) is 0 Å². The quantitative estimate of drug-likeness (QED) is 0.861. The summed E-state index contributed by atoms with van der Waals surface area (Å²) in [6.45, 7) is 0. The van der Waals surface area contributed by atoms with Gasteiger partial charge in [0.15, 0.2) is 0 Å². The Labute approximate surface area is 111 Å². The summed E-state index contributed by atoms with van der Waals surface area (Å²) in [5, 5.41) is 8.99. The van der Waals surface area contributed by atoms with Crippen molar-refractivity contribution in [3.05, 3.63) is 17.8 Å². The second-order valence-corrected chi connectivity index (χ2v) is 4.65. The van der Waals surface area contributed by atoms with E-state index in [1.54, 1.807) is 7.11 Å². The maximum atomic E-state index is 11.0. The van der Waals surface area contributed by atoms with E-state index in [9.17, 15) is 4.79 Å². The molecule has 1 saturated carbocycles. The molecule has 0 bridgehead atoms. The fraction of sp³-hybridized carbons (Fsp3) is 0.538. The molecular weight excluding hydrogens is 248 g/mol. The van der Waals surface area contributed by atoms with Gasteiger partial charge in [0.1, 0.15) is 11.8 Å². The number of carboxylic acids is 1. The Bertz CT molecular complexity index is 464. The minimum absolute atomic E-state index is 0.0177. The van der Waals surface area contributed by atoms with Gasteiger partial charge < -0.3 is 20.3 Å². The molecule has 1 aromatic heterocycles. The highest BCUT2D eigenvalue weighted by Crippen LogP contribution is 2.28. The standard InChI is InChI=1S/C13H18N2O4/c1-18-8-3-2-4-9(7-8)19-12-11(14)10(13(16)17)5-6-15-12/h5-6,8-9H,2-4,7,14H2,1H3,(H,16,17). The number of hydrogen-bond donors (Lipinski definition) is 2. The van der Waals surface area contributed by atoms with Crippen molar-refractivity contribution in [2.75, 3.05) is 12.8 Å². The van der Waals surface area contributed by atoms with Crippen molar-refractivity contribution >= 4 is 11.7 Å². The van der Waals surface area contributed by atoms with Crippen LogP contribution in [0.3, 0.4) is 0 Å². The summed E-state index contributed by atoms with van der Waals surface area (Å²) in [5.74, 6) is -0.884. The van der Waals surface area contributed by atoms with Crippen molar-refractivity contribution in [3.63, 3.8) is 0 Å². The number of ether oxygens (including phenoxy) is 2. The van der Waals surface area contributed by atoms with E-state index in [4.69, 9.17) is 20.3 Å². The van der Waals surface area contributed by atoms with E-state index in [2.05, 4.69) is 4.98 Å². The van der Waals surface area contributed by atoms with Gasteiger partial charge in [-0.15, -0.1) is 0 Å². The molecule has 19 heavy (non-hydrogen) atoms. The molecule has 0 aromatic carbocycles. The molecule has 2 rings (SSSR count). The number of methoxy groups -OCH3 is 1. The van der Waals surface area contributed by atoms with Crippen molar-refractivity contribution < 1.29 is 19.4 Å². The van der Waals surface area contributed by atoms with Crippen LogP contribution in [0, 0.1) is 0 Å². The highest BCUT2D eigenvalue weighted by atomic mass is 16.5. The molecule has 1 heterocycles. The van der Waals surface area contributed by atoms with E-state index in [0.29, 0.717) is 0 Å². The lowest BCUT2D eigenvalue weighted by Gasteiger charge is -2.28. The van der Waals surface area contributed by atoms with E-state index >= 15 is 0 Å². The number of nitrogens with two attached hydrogens (primary N) is 1. The Balaban J connectivity index is 2.10. The summed E-state index contributed by atoms with van der Waals surface area (Å²) in [7, 11) is 1.69. The first-order valence-corrected chi connectivity index (χ1v) is 6.29. The van der Waals surface area contributed by atoms with Crippen molar-refractivity contribution in [2.24, 2.45) is 0 Å². The van der Waals surface area contributed by atoms with Crippen LogP contribution in [-0.2, 0) is 4.74 Å². The predicted octanol–water partition coefficient (Wildman–Crippen LogP) is 1.70. The fourth-order valence-corrected chi connectivity index (χ4v) is 2.32. The van der Waals surface area contributed by atoms with Crippen molar-refractivity contribution in [3.8, 4) is 5.88 Å². The smallest absolute Gasteiger partial charge is 0.338 e. The second kappa shape index (κ2) is 5.88. The zero-order valence-corrected chi connectivity index (χ0v) is 10.8. The molecule has 104 valence electrons. The number of rotatable bonds is 4. The van der Waals surface area contributed by atoms with Crippen LogP contribution in [-0.4, -0.2) is 35.4 Å². The molecule has 1 aliphatic rings. The highest BCUT2D eigenvalue weighted by Gasteiger charge is 2.24. The largest absolute Gasteiger partial charge is 0.478 e. The third-order valence-electron chi connectivity index (χ3n) is 3.37. The Kier molecular flexibility index (Phi) is 4.21. The summed E-state index contributed by atoms with van der Waals surface area (Å²) in [4.78, 5) is 15.0. The first kappa shape index (κ1) is 13.6. The van der Waals surface area contributed by atoms with Gasteiger partial charge in [0.25, 0.3) is 0 Å². The number of aromatic nitrogens is 1. The van der Waals surface area contributed by atoms with Crippen molar-refractivity contribution in [2.45, 2.75) is 37.9 Å². The zero-order valence-electron chi connectivity index (χ0n) is 10.8. The average Bonchev–Trinajstić information content (AvgIpc) is 2.41. The average molecular weight is 266 g/mol. The minimum Gasteiger partial charge on any atom is -0.478 e. The van der Waals surface area contributed by atoms with Crippen molar-refractivity contribution in [1.29, 1.82) is 0 Å². The molecule has 0 aliphatic heterocycles. The lowest BCUT2D eigenvalue weighted by molar-refractivity contribution is 0.0197. The first-order valence-electron chi connectivity index (χ1n) is 6.29. The van der Waals surface area contributed by atoms with Gasteiger partial charge in [-0.3, -0.25) is 0 Å². The molecule has 2 atom stereocenters. The van der Waals surface area contributed by atoms with E-state index in [-0.39, 0.29) is 29.3 Å². The van der Waals surface area contributed by atoms with Crippen LogP contribution in [0.5, 0.6) is 5.88 Å². The van der Waals surface area contributed by atoms with Crippen LogP contribution in [0.1, 0.15) is 36.0 Å². The van der Waals surface area contributed by atoms with Crippen LogP contribution in [0.4, 0.5) is 5.69 Å². The van der Waals surface area contributed by atoms with E-state index in [1.807, 2.05) is 0 Å². The van der Waals surface area contributed by atoms with Gasteiger partial charge in [-0.05, 0) is 25.3 Å². The number of anilines is 1. The summed E-state index contributed by atoms with van der Waals surface area (Å²) >= 11 is 0. The van der Waals surface area contributed by atoms with Gasteiger partial charge >= 0.3 is 5.97 Å². The maximum Gasteiger partial charge on any atom is 0.338 e. The number of hydrogen-bond acceptors (Lipinski definition) is 5. The minimum atomic E-state index is -1.08. The molecule has 0 amide bonds. The predicted molar refractivity (Wildman–Crippen MR) is 69.3 cm³/mol. The van der Waals surface area contributed by atoms with Gasteiger partial charge in [-0.1, -0.05) is 0 Å². The first-order chi connectivity index (χ1) is 9.11. The summed E-state index contributed by atoms with van der Waals surface area (Å²) in [6.07, 6.45) is 5.26. The van der Waals surface area contributed by atoms with Gasteiger partial charge in [0.2, 0.25) is 5.88 Å². The van der Waals surface area contributed by atoms with Crippen LogP contribution >= 0.6 is 0 Å². The van der Waals surface area contributed by atoms with Gasteiger partial charge in [-0.25, -0.2) is 9.78 Å². The van der Waals surface area contributed by atoms with E-state index in [1.165, 1.54) is 12.3 Å². The molecule has 6 heteroatoms. The molecule has 0 saturated heterocycles. The van der Waals surface area contributed by atoms with Gasteiger partial charge in [0.05, 0.1) is 11.7 Å². The van der Waals surface area contributed by atoms with E-state index in [0.717, 1.165) is 25.7 Å². The molecule has 6 nitrogen and oxygen atoms in total. The van der Waals surface area contributed by atoms with Crippen LogP contribution in [0.25, 0.3) is 0 Å². The molecule has 1 aliphatic carbocycles. The topological polar surface area (TPSA) is 94.7 Å². The maximum absolute atomic E-state index is 11.0. The zero-order chi connectivity index (χ0) is 13.8. The van der Waals surface area contributed by atoms with E-state index < -0.39 is 5.97 Å². The van der Waals surface area contributed by atoms with Gasteiger partial charge in [0, 0.05) is 19.7 Å². The number of nitrogen functional groups attached to an aromatic ring is 1. The Hall–Kier alpha value is -1.82. The molecule has 0 spiro atoms. The molecule has 2 unspecified atom stereocenters. The molecule has 0 radical (unpaired) electrons. The van der Waals surface area contributed by atoms with Gasteiger partial charge in [-0.2, -0.15) is 0 Å². The summed E-state index contributed by atoms with van der Waals surface area (Å²) in [6, 6.07) is 1.36. The highest BCUT2D eigenvalue weighted by molar-refractivity contribution is 5.94. The van der Waals surface area contributed by atoms with Crippen LogP contribution in [0.15, 0.2) is 12.3 Å². The fourth-order valence-electron chi connectivity index (χ4n) is 2.32. The Morgan fingerprint density at radius 1 is 1.47 bits per heavy atom.